The van der Waals surface area contributed by atoms with Crippen molar-refractivity contribution in [2.75, 3.05) is 20.1 Å². The number of amides is 1. The number of carbonyl (C=O) groups excluding carboxylic acids is 1. The van der Waals surface area contributed by atoms with Gasteiger partial charge in [-0.25, -0.2) is 4.39 Å². The number of nitro benzene ring substituents is 1. The molecule has 1 aromatic rings. The fourth-order valence-electron chi connectivity index (χ4n) is 1.58. The van der Waals surface area contributed by atoms with E-state index in [2.05, 4.69) is 10.6 Å². The zero-order valence-corrected chi connectivity index (χ0v) is 10.8. The van der Waals surface area contributed by atoms with Crippen LogP contribution in [-0.4, -0.2) is 31.0 Å². The molecule has 1 amide bonds. The average molecular weight is 269 g/mol. The van der Waals surface area contributed by atoms with Gasteiger partial charge in [0.25, 0.3) is 11.6 Å². The number of carbonyl (C=O) groups is 1. The van der Waals surface area contributed by atoms with E-state index in [1.165, 1.54) is 0 Å². The third-order valence-electron chi connectivity index (χ3n) is 2.57. The number of hydrogen-bond acceptors (Lipinski definition) is 4. The summed E-state index contributed by atoms with van der Waals surface area (Å²) in [5.41, 5.74) is -0.624. The van der Waals surface area contributed by atoms with Crippen LogP contribution in [0.3, 0.4) is 0 Å². The fraction of sp³-hybridized carbons (Fsp3) is 0.417. The molecule has 0 bridgehead atoms. The number of benzene rings is 1. The van der Waals surface area contributed by atoms with Crippen LogP contribution in [0.1, 0.15) is 17.3 Å². The Bertz CT molecular complexity index is 479. The summed E-state index contributed by atoms with van der Waals surface area (Å²) < 4.78 is 13.5. The Hall–Kier alpha value is -2.02. The van der Waals surface area contributed by atoms with Gasteiger partial charge in [-0.05, 0) is 25.6 Å². The standard InChI is InChI=1S/C12H16FN3O3/c1-8(6-14-2)7-15-12(17)10-5-9(16(18)19)3-4-11(10)13/h3-5,8,14H,6-7H2,1-2H3,(H,15,17). The highest BCUT2D eigenvalue weighted by molar-refractivity contribution is 5.95. The molecule has 0 aromatic heterocycles. The van der Waals surface area contributed by atoms with E-state index in [9.17, 15) is 19.3 Å². The Labute approximate surface area is 110 Å². The molecule has 0 spiro atoms. The summed E-state index contributed by atoms with van der Waals surface area (Å²) in [7, 11) is 1.79. The molecule has 0 saturated heterocycles. The number of halogens is 1. The van der Waals surface area contributed by atoms with Gasteiger partial charge in [0.15, 0.2) is 0 Å². The highest BCUT2D eigenvalue weighted by Gasteiger charge is 2.17. The lowest BCUT2D eigenvalue weighted by Gasteiger charge is -2.12. The molecule has 19 heavy (non-hydrogen) atoms. The summed E-state index contributed by atoms with van der Waals surface area (Å²) in [5.74, 6) is -1.25. The van der Waals surface area contributed by atoms with Crippen molar-refractivity contribution in [3.05, 3.63) is 39.7 Å². The van der Waals surface area contributed by atoms with Gasteiger partial charge in [0.05, 0.1) is 10.5 Å². The molecule has 0 saturated carbocycles. The highest BCUT2D eigenvalue weighted by atomic mass is 19.1. The third kappa shape index (κ3) is 4.29. The summed E-state index contributed by atoms with van der Waals surface area (Å²) in [6.07, 6.45) is 0. The number of nitro groups is 1. The first-order valence-corrected chi connectivity index (χ1v) is 5.82. The van der Waals surface area contributed by atoms with E-state index in [0.29, 0.717) is 13.1 Å². The predicted molar refractivity (Wildman–Crippen MR) is 68.5 cm³/mol. The molecule has 1 aromatic carbocycles. The lowest BCUT2D eigenvalue weighted by Crippen LogP contribution is -2.32. The largest absolute Gasteiger partial charge is 0.352 e. The Balaban J connectivity index is 2.76. The molecular weight excluding hydrogens is 253 g/mol. The maximum Gasteiger partial charge on any atom is 0.270 e. The lowest BCUT2D eigenvalue weighted by molar-refractivity contribution is -0.384. The molecule has 1 rings (SSSR count). The van der Waals surface area contributed by atoms with Crippen LogP contribution in [0, 0.1) is 21.8 Å². The van der Waals surface area contributed by atoms with Gasteiger partial charge < -0.3 is 10.6 Å². The number of rotatable bonds is 6. The molecule has 0 aliphatic carbocycles. The molecule has 6 nitrogen and oxygen atoms in total. The summed E-state index contributed by atoms with van der Waals surface area (Å²) in [4.78, 5) is 21.7. The summed E-state index contributed by atoms with van der Waals surface area (Å²) >= 11 is 0. The Morgan fingerprint density at radius 2 is 2.16 bits per heavy atom. The fourth-order valence-corrected chi connectivity index (χ4v) is 1.58. The van der Waals surface area contributed by atoms with E-state index in [4.69, 9.17) is 0 Å². The van der Waals surface area contributed by atoms with E-state index < -0.39 is 16.6 Å². The van der Waals surface area contributed by atoms with E-state index in [0.717, 1.165) is 18.2 Å². The van der Waals surface area contributed by atoms with Crippen molar-refractivity contribution in [1.29, 1.82) is 0 Å². The van der Waals surface area contributed by atoms with Gasteiger partial charge in [0, 0.05) is 18.7 Å². The van der Waals surface area contributed by atoms with Gasteiger partial charge in [0.1, 0.15) is 5.82 Å². The summed E-state index contributed by atoms with van der Waals surface area (Å²) in [6, 6.07) is 2.88. The first-order chi connectivity index (χ1) is 8.95. The van der Waals surface area contributed by atoms with Gasteiger partial charge >= 0.3 is 0 Å². The molecular formula is C12H16FN3O3. The van der Waals surface area contributed by atoms with Gasteiger partial charge in [-0.2, -0.15) is 0 Å². The second kappa shape index (κ2) is 6.79. The zero-order chi connectivity index (χ0) is 14.4. The molecule has 1 atom stereocenters. The van der Waals surface area contributed by atoms with E-state index in [1.54, 1.807) is 7.05 Å². The van der Waals surface area contributed by atoms with Gasteiger partial charge in [0.2, 0.25) is 0 Å². The van der Waals surface area contributed by atoms with Crippen molar-refractivity contribution < 1.29 is 14.1 Å². The Kier molecular flexibility index (Phi) is 5.37. The Morgan fingerprint density at radius 3 is 2.74 bits per heavy atom. The summed E-state index contributed by atoms with van der Waals surface area (Å²) in [5, 5.41) is 16.1. The highest BCUT2D eigenvalue weighted by Crippen LogP contribution is 2.16. The first kappa shape index (κ1) is 15.0. The van der Waals surface area contributed by atoms with Crippen molar-refractivity contribution in [2.45, 2.75) is 6.92 Å². The molecule has 0 heterocycles. The van der Waals surface area contributed by atoms with E-state index in [1.807, 2.05) is 6.92 Å². The maximum absolute atomic E-state index is 13.5. The minimum atomic E-state index is -0.774. The molecule has 0 fully saturated rings. The average Bonchev–Trinajstić information content (AvgIpc) is 2.36. The van der Waals surface area contributed by atoms with Crippen molar-refractivity contribution >= 4 is 11.6 Å². The normalized spacial score (nSPS) is 11.9. The second-order valence-corrected chi connectivity index (χ2v) is 4.29. The van der Waals surface area contributed by atoms with Crippen LogP contribution in [0.4, 0.5) is 10.1 Å². The number of hydrogen-bond donors (Lipinski definition) is 2. The van der Waals surface area contributed by atoms with E-state index >= 15 is 0 Å². The monoisotopic (exact) mass is 269 g/mol. The van der Waals surface area contributed by atoms with Crippen LogP contribution in [0.2, 0.25) is 0 Å². The SMILES string of the molecule is CNCC(C)CNC(=O)c1cc([N+](=O)[O-])ccc1F. The van der Waals surface area contributed by atoms with E-state index in [-0.39, 0.29) is 17.2 Å². The second-order valence-electron chi connectivity index (χ2n) is 4.29. The van der Waals surface area contributed by atoms with Gasteiger partial charge in [-0.1, -0.05) is 6.92 Å². The summed E-state index contributed by atoms with van der Waals surface area (Å²) in [6.45, 7) is 2.99. The van der Waals surface area contributed by atoms with Crippen LogP contribution in [0.5, 0.6) is 0 Å². The maximum atomic E-state index is 13.5. The molecule has 0 radical (unpaired) electrons. The lowest BCUT2D eigenvalue weighted by atomic mass is 10.1. The third-order valence-corrected chi connectivity index (χ3v) is 2.57. The molecule has 0 aliphatic rings. The number of non-ortho nitro benzene ring substituents is 1. The van der Waals surface area contributed by atoms with Crippen LogP contribution in [-0.2, 0) is 0 Å². The van der Waals surface area contributed by atoms with Crippen molar-refractivity contribution in [3.8, 4) is 0 Å². The quantitative estimate of drug-likeness (QED) is 0.602. The molecule has 0 aliphatic heterocycles. The minimum absolute atomic E-state index is 0.177. The molecule has 104 valence electrons. The van der Waals surface area contributed by atoms with Crippen LogP contribution < -0.4 is 10.6 Å². The molecule has 7 heteroatoms. The van der Waals surface area contributed by atoms with Crippen LogP contribution >= 0.6 is 0 Å². The number of nitrogens with one attached hydrogen (secondary N) is 2. The van der Waals surface area contributed by atoms with Crippen molar-refractivity contribution in [1.82, 2.24) is 10.6 Å². The minimum Gasteiger partial charge on any atom is -0.352 e. The first-order valence-electron chi connectivity index (χ1n) is 5.82. The topological polar surface area (TPSA) is 84.3 Å². The molecule has 2 N–H and O–H groups in total. The number of nitrogens with zero attached hydrogens (tertiary/aromatic N) is 1. The van der Waals surface area contributed by atoms with Crippen LogP contribution in [0.25, 0.3) is 0 Å². The van der Waals surface area contributed by atoms with Gasteiger partial charge in [-0.3, -0.25) is 14.9 Å². The molecule has 1 unspecified atom stereocenters. The van der Waals surface area contributed by atoms with Crippen LogP contribution in [0.15, 0.2) is 18.2 Å². The zero-order valence-electron chi connectivity index (χ0n) is 10.8. The van der Waals surface area contributed by atoms with Gasteiger partial charge in [-0.15, -0.1) is 0 Å². The Morgan fingerprint density at radius 1 is 1.47 bits per heavy atom. The predicted octanol–water partition coefficient (Wildman–Crippen LogP) is 1.32. The smallest absolute Gasteiger partial charge is 0.270 e. The van der Waals surface area contributed by atoms with Crippen molar-refractivity contribution in [3.63, 3.8) is 0 Å². The van der Waals surface area contributed by atoms with Crippen molar-refractivity contribution in [2.24, 2.45) is 5.92 Å².